The number of nitrogens with one attached hydrogen (secondary N) is 1. The van der Waals surface area contributed by atoms with E-state index in [-0.39, 0.29) is 51.9 Å². The third-order valence-electron chi connectivity index (χ3n) is 6.30. The van der Waals surface area contributed by atoms with Gasteiger partial charge in [0.05, 0.1) is 34.1 Å². The van der Waals surface area contributed by atoms with Crippen molar-refractivity contribution in [2.45, 2.75) is 38.3 Å². The van der Waals surface area contributed by atoms with Crippen LogP contribution in [-0.4, -0.2) is 57.4 Å². The Bertz CT molecular complexity index is 1390. The average Bonchev–Trinajstić information content (AvgIpc) is 3.44. The Balaban J connectivity index is 1.97. The first-order valence-electron chi connectivity index (χ1n) is 10.8. The maximum Gasteiger partial charge on any atom is 0.358 e. The Morgan fingerprint density at radius 1 is 1.30 bits per heavy atom. The van der Waals surface area contributed by atoms with E-state index in [4.69, 9.17) is 10.5 Å². The van der Waals surface area contributed by atoms with Gasteiger partial charge in [-0.1, -0.05) is 0 Å². The van der Waals surface area contributed by atoms with E-state index in [0.29, 0.717) is 32.4 Å². The number of benzene rings is 1. The maximum absolute atomic E-state index is 16.2. The molecule has 2 aliphatic rings. The van der Waals surface area contributed by atoms with Crippen molar-refractivity contribution < 1.29 is 28.9 Å². The number of H-pyrrole nitrogens is 1. The molecule has 1 atom stereocenters. The van der Waals surface area contributed by atoms with Crippen molar-refractivity contribution in [2.24, 2.45) is 5.73 Å². The highest BCUT2D eigenvalue weighted by atomic mass is 19.1. The van der Waals surface area contributed by atoms with Crippen LogP contribution in [0.3, 0.4) is 0 Å². The number of nitrogens with two attached hydrogens (primary N) is 1. The van der Waals surface area contributed by atoms with Crippen LogP contribution in [0, 0.1) is 5.82 Å². The SMILES string of the molecule is CCOC(=O)c1[nH]c2c(c1O)c(N1CCC(N)C1)c(F)c1c2c(=O)c(C(=O)O)cn1C1CC1. The summed E-state index contributed by atoms with van der Waals surface area (Å²) >= 11 is 0. The summed E-state index contributed by atoms with van der Waals surface area (Å²) in [5.41, 5.74) is 4.23. The first-order valence-corrected chi connectivity index (χ1v) is 10.8. The van der Waals surface area contributed by atoms with Gasteiger partial charge in [-0.15, -0.1) is 0 Å². The highest BCUT2D eigenvalue weighted by Crippen LogP contribution is 2.46. The third kappa shape index (κ3) is 3.14. The van der Waals surface area contributed by atoms with Gasteiger partial charge in [-0.2, -0.15) is 0 Å². The number of halogens is 1. The summed E-state index contributed by atoms with van der Waals surface area (Å²) in [7, 11) is 0. The Hall–Kier alpha value is -3.60. The number of anilines is 1. The molecule has 33 heavy (non-hydrogen) atoms. The van der Waals surface area contributed by atoms with Gasteiger partial charge >= 0.3 is 11.9 Å². The fourth-order valence-electron chi connectivity index (χ4n) is 4.65. The zero-order chi connectivity index (χ0) is 23.6. The average molecular weight is 458 g/mol. The molecule has 1 saturated heterocycles. The maximum atomic E-state index is 16.2. The van der Waals surface area contributed by atoms with Crippen LogP contribution in [0.1, 0.15) is 53.1 Å². The minimum Gasteiger partial charge on any atom is -0.505 e. The molecular weight excluding hydrogens is 435 g/mol. The number of pyridine rings is 1. The summed E-state index contributed by atoms with van der Waals surface area (Å²) in [6.07, 6.45) is 3.20. The second-order valence-electron chi connectivity index (χ2n) is 8.52. The van der Waals surface area contributed by atoms with E-state index >= 15 is 4.39 Å². The van der Waals surface area contributed by atoms with Crippen LogP contribution in [0.5, 0.6) is 5.75 Å². The predicted octanol–water partition coefficient (Wildman–Crippen LogP) is 2.07. The highest BCUT2D eigenvalue weighted by molar-refractivity contribution is 6.17. The minimum absolute atomic E-state index is 0.00933. The van der Waals surface area contributed by atoms with Crippen molar-refractivity contribution in [2.75, 3.05) is 24.6 Å². The van der Waals surface area contributed by atoms with E-state index in [2.05, 4.69) is 4.98 Å². The van der Waals surface area contributed by atoms with Crippen molar-refractivity contribution in [3.8, 4) is 5.75 Å². The van der Waals surface area contributed by atoms with E-state index < -0.39 is 34.5 Å². The zero-order valence-electron chi connectivity index (χ0n) is 17.9. The van der Waals surface area contributed by atoms with Gasteiger partial charge in [0.15, 0.2) is 17.3 Å². The fraction of sp³-hybridized carbons (Fsp3) is 0.409. The minimum atomic E-state index is -1.44. The van der Waals surface area contributed by atoms with E-state index in [0.717, 1.165) is 0 Å². The van der Waals surface area contributed by atoms with Crippen molar-refractivity contribution >= 4 is 39.4 Å². The number of carbonyl (C=O) groups excluding carboxylic acids is 1. The molecule has 1 aliphatic heterocycles. The Kier molecular flexibility index (Phi) is 4.82. The number of ether oxygens (including phenoxy) is 1. The number of hydrogen-bond acceptors (Lipinski definition) is 7. The monoisotopic (exact) mass is 458 g/mol. The topological polar surface area (TPSA) is 151 Å². The summed E-state index contributed by atoms with van der Waals surface area (Å²) in [5.74, 6) is -3.64. The lowest BCUT2D eigenvalue weighted by atomic mass is 10.0. The van der Waals surface area contributed by atoms with Gasteiger partial charge in [0, 0.05) is 31.4 Å². The molecule has 0 spiro atoms. The van der Waals surface area contributed by atoms with Gasteiger partial charge in [0.2, 0.25) is 5.43 Å². The van der Waals surface area contributed by atoms with Gasteiger partial charge in [-0.3, -0.25) is 4.79 Å². The van der Waals surface area contributed by atoms with Gasteiger partial charge in [-0.05, 0) is 26.2 Å². The molecule has 0 radical (unpaired) electrons. The lowest BCUT2D eigenvalue weighted by Crippen LogP contribution is -2.27. The number of fused-ring (bicyclic) bond motifs is 3. The second-order valence-corrected chi connectivity index (χ2v) is 8.52. The number of aromatic carboxylic acids is 1. The quantitative estimate of drug-likeness (QED) is 0.424. The van der Waals surface area contributed by atoms with Crippen molar-refractivity contribution in [3.05, 3.63) is 33.5 Å². The number of rotatable bonds is 5. The number of carboxylic acid groups (broad SMARTS) is 1. The molecule has 3 aromatic rings. The number of carboxylic acids is 1. The smallest absolute Gasteiger partial charge is 0.358 e. The highest BCUT2D eigenvalue weighted by Gasteiger charge is 2.35. The van der Waals surface area contributed by atoms with E-state index in [1.807, 2.05) is 0 Å². The summed E-state index contributed by atoms with van der Waals surface area (Å²) in [5, 5.41) is 20.3. The molecule has 1 unspecified atom stereocenters. The second kappa shape index (κ2) is 7.48. The normalized spacial score (nSPS) is 18.4. The number of aromatic amines is 1. The summed E-state index contributed by atoms with van der Waals surface area (Å²) in [6, 6.07) is -0.360. The number of nitrogens with zero attached hydrogens (tertiary/aromatic N) is 2. The third-order valence-corrected chi connectivity index (χ3v) is 6.30. The van der Waals surface area contributed by atoms with Crippen molar-refractivity contribution in [3.63, 3.8) is 0 Å². The van der Waals surface area contributed by atoms with Crippen LogP contribution in [0.2, 0.25) is 0 Å². The lowest BCUT2D eigenvalue weighted by Gasteiger charge is -2.23. The molecule has 174 valence electrons. The number of hydrogen-bond donors (Lipinski definition) is 4. The summed E-state index contributed by atoms with van der Waals surface area (Å²) < 4.78 is 22.7. The standard InChI is InChI=1S/C22H23FN4O6/c1-2-33-22(32)16-20(29)12-15(25-16)13-18(14(23)17(12)26-6-5-9(24)7-26)27(10-3-4-10)8-11(19(13)28)21(30)31/h8-10,25,29H,2-7,24H2,1H3,(H,30,31). The molecular formula is C22H23FN4O6. The van der Waals surface area contributed by atoms with Crippen LogP contribution in [0.4, 0.5) is 10.1 Å². The molecule has 0 bridgehead atoms. The van der Waals surface area contributed by atoms with E-state index in [9.17, 15) is 24.6 Å². The first-order chi connectivity index (χ1) is 15.7. The molecule has 11 heteroatoms. The van der Waals surface area contributed by atoms with Gasteiger partial charge in [-0.25, -0.2) is 14.0 Å². The molecule has 2 aromatic heterocycles. The van der Waals surface area contributed by atoms with Crippen LogP contribution in [0.15, 0.2) is 11.0 Å². The molecule has 5 N–H and O–H groups in total. The van der Waals surface area contributed by atoms with Crippen molar-refractivity contribution in [1.82, 2.24) is 9.55 Å². The molecule has 2 fully saturated rings. The molecule has 1 aliphatic carbocycles. The van der Waals surface area contributed by atoms with Crippen molar-refractivity contribution in [1.29, 1.82) is 0 Å². The first kappa shape index (κ1) is 21.3. The predicted molar refractivity (Wildman–Crippen MR) is 118 cm³/mol. The van der Waals surface area contributed by atoms with Crippen LogP contribution >= 0.6 is 0 Å². The number of carbonyl (C=O) groups is 2. The van der Waals surface area contributed by atoms with Gasteiger partial charge in [0.25, 0.3) is 0 Å². The molecule has 3 heterocycles. The Morgan fingerprint density at radius 2 is 2.03 bits per heavy atom. The number of aromatic hydroxyl groups is 1. The zero-order valence-corrected chi connectivity index (χ0v) is 17.9. The lowest BCUT2D eigenvalue weighted by molar-refractivity contribution is 0.0516. The van der Waals surface area contributed by atoms with E-state index in [1.165, 1.54) is 10.8 Å². The Labute approximate surface area is 186 Å². The van der Waals surface area contributed by atoms with Crippen LogP contribution < -0.4 is 16.1 Å². The largest absolute Gasteiger partial charge is 0.505 e. The summed E-state index contributed by atoms with van der Waals surface area (Å²) in [6.45, 7) is 2.36. The molecule has 1 saturated carbocycles. The molecule has 0 amide bonds. The molecule has 1 aromatic carbocycles. The van der Waals surface area contributed by atoms with E-state index in [1.54, 1.807) is 11.8 Å². The fourth-order valence-corrected chi connectivity index (χ4v) is 4.65. The summed E-state index contributed by atoms with van der Waals surface area (Å²) in [4.78, 5) is 41.9. The Morgan fingerprint density at radius 3 is 2.61 bits per heavy atom. The van der Waals surface area contributed by atoms with Gasteiger partial charge in [0.1, 0.15) is 5.56 Å². The van der Waals surface area contributed by atoms with Crippen LogP contribution in [0.25, 0.3) is 21.8 Å². The van der Waals surface area contributed by atoms with Crippen LogP contribution in [-0.2, 0) is 4.74 Å². The molecule has 10 nitrogen and oxygen atoms in total. The molecule has 5 rings (SSSR count). The number of esters is 1. The number of aromatic nitrogens is 2. The van der Waals surface area contributed by atoms with Gasteiger partial charge < -0.3 is 35.1 Å².